The van der Waals surface area contributed by atoms with E-state index in [4.69, 9.17) is 16.3 Å². The molecule has 9 heteroatoms. The molecule has 0 saturated carbocycles. The zero-order chi connectivity index (χ0) is 23.2. The van der Waals surface area contributed by atoms with Crippen molar-refractivity contribution in [3.63, 3.8) is 0 Å². The van der Waals surface area contributed by atoms with Crippen LogP contribution < -0.4 is 5.56 Å². The Bertz CT molecular complexity index is 1250. The first-order valence-corrected chi connectivity index (χ1v) is 9.97. The molecule has 2 unspecified atom stereocenters. The highest BCUT2D eigenvalue weighted by molar-refractivity contribution is 6.30. The molecule has 1 aliphatic rings. The van der Waals surface area contributed by atoms with E-state index in [2.05, 4.69) is 0 Å². The first kappa shape index (κ1) is 22.1. The maximum absolute atomic E-state index is 13.5. The van der Waals surface area contributed by atoms with Crippen LogP contribution in [0, 0.1) is 0 Å². The van der Waals surface area contributed by atoms with Gasteiger partial charge in [-0.1, -0.05) is 29.8 Å². The number of rotatable bonds is 3. The zero-order valence-corrected chi connectivity index (χ0v) is 17.4. The topological polar surface area (TPSA) is 68.5 Å². The van der Waals surface area contributed by atoms with Gasteiger partial charge < -0.3 is 14.4 Å². The summed E-state index contributed by atoms with van der Waals surface area (Å²) in [5, 5.41) is 9.87. The third-order valence-corrected chi connectivity index (χ3v) is 5.64. The van der Waals surface area contributed by atoms with Gasteiger partial charge in [-0.2, -0.15) is 13.2 Å². The minimum Gasteiger partial charge on any atom is -0.481 e. The van der Waals surface area contributed by atoms with Crippen LogP contribution in [0.2, 0.25) is 5.02 Å². The predicted octanol–water partition coefficient (Wildman–Crippen LogP) is 5.36. The third kappa shape index (κ3) is 4.16. The van der Waals surface area contributed by atoms with Crippen molar-refractivity contribution < 1.29 is 27.8 Å². The van der Waals surface area contributed by atoms with Gasteiger partial charge in [0.1, 0.15) is 6.10 Å². The molecule has 0 radical (unpaired) electrons. The number of ether oxygens (including phenoxy) is 1. The Morgan fingerprint density at radius 2 is 1.78 bits per heavy atom. The van der Waals surface area contributed by atoms with Crippen molar-refractivity contribution in [1.29, 1.82) is 0 Å². The molecule has 0 spiro atoms. The van der Waals surface area contributed by atoms with Crippen LogP contribution in [-0.2, 0) is 22.8 Å². The summed E-state index contributed by atoms with van der Waals surface area (Å²) in [6.45, 7) is 0. The summed E-state index contributed by atoms with van der Waals surface area (Å²) >= 11 is 5.97. The van der Waals surface area contributed by atoms with E-state index in [1.807, 2.05) is 0 Å². The zero-order valence-electron chi connectivity index (χ0n) is 16.7. The smallest absolute Gasteiger partial charge is 0.416 e. The van der Waals surface area contributed by atoms with Gasteiger partial charge in [-0.25, -0.2) is 0 Å². The van der Waals surface area contributed by atoms with Crippen molar-refractivity contribution in [2.75, 3.05) is 0 Å². The van der Waals surface area contributed by atoms with E-state index in [1.165, 1.54) is 29.9 Å². The minimum absolute atomic E-state index is 0.218. The van der Waals surface area contributed by atoms with Crippen LogP contribution in [0.25, 0.3) is 11.1 Å². The number of benzene rings is 2. The van der Waals surface area contributed by atoms with Gasteiger partial charge in [0, 0.05) is 29.9 Å². The van der Waals surface area contributed by atoms with Crippen LogP contribution in [0.4, 0.5) is 13.2 Å². The van der Waals surface area contributed by atoms with Crippen molar-refractivity contribution in [2.45, 2.75) is 24.8 Å². The highest BCUT2D eigenvalue weighted by Crippen LogP contribution is 2.46. The van der Waals surface area contributed by atoms with Crippen LogP contribution >= 0.6 is 11.6 Å². The number of aryl methyl sites for hydroxylation is 1. The molecule has 2 atom stereocenters. The molecule has 3 aromatic rings. The summed E-state index contributed by atoms with van der Waals surface area (Å²) in [6.07, 6.45) is -5.63. The number of aromatic nitrogens is 1. The molecule has 1 N–H and O–H groups in total. The fourth-order valence-corrected chi connectivity index (χ4v) is 3.99. The number of hydrogen-bond donors (Lipinski definition) is 1. The molecule has 4 rings (SSSR count). The normalized spacial score (nSPS) is 17.9. The summed E-state index contributed by atoms with van der Waals surface area (Å²) < 4.78 is 48.0. The van der Waals surface area contributed by atoms with Crippen LogP contribution in [0.1, 0.15) is 40.9 Å². The van der Waals surface area contributed by atoms with Gasteiger partial charge in [0.25, 0.3) is 5.56 Å². The molecule has 5 nitrogen and oxygen atoms in total. The predicted molar refractivity (Wildman–Crippen MR) is 111 cm³/mol. The molecule has 0 bridgehead atoms. The summed E-state index contributed by atoms with van der Waals surface area (Å²) in [5.74, 6) is -1.17. The number of carboxylic acids is 1. The Balaban J connectivity index is 2.02. The van der Waals surface area contributed by atoms with Crippen LogP contribution in [-0.4, -0.2) is 15.6 Å². The van der Waals surface area contributed by atoms with Gasteiger partial charge in [0.2, 0.25) is 0 Å². The average molecular weight is 464 g/mol. The maximum Gasteiger partial charge on any atom is 0.416 e. The number of aliphatic carboxylic acids is 1. The molecule has 2 aromatic carbocycles. The lowest BCUT2D eigenvalue weighted by Gasteiger charge is -2.24. The lowest BCUT2D eigenvalue weighted by atomic mass is 9.90. The lowest BCUT2D eigenvalue weighted by molar-refractivity contribution is -0.141. The van der Waals surface area contributed by atoms with Gasteiger partial charge in [0.15, 0.2) is 0 Å². The number of fused-ring (bicyclic) bond motifs is 3. The second kappa shape index (κ2) is 8.11. The van der Waals surface area contributed by atoms with Gasteiger partial charge >= 0.3 is 12.1 Å². The molecule has 1 aliphatic heterocycles. The summed E-state index contributed by atoms with van der Waals surface area (Å²) in [5.41, 5.74) is 0.658. The van der Waals surface area contributed by atoms with E-state index >= 15 is 0 Å². The molecule has 166 valence electrons. The van der Waals surface area contributed by atoms with E-state index in [1.54, 1.807) is 24.3 Å². The Morgan fingerprint density at radius 1 is 1.09 bits per heavy atom. The molecule has 1 aromatic heterocycles. The monoisotopic (exact) mass is 463 g/mol. The van der Waals surface area contributed by atoms with E-state index in [-0.39, 0.29) is 11.1 Å². The van der Waals surface area contributed by atoms with Crippen LogP contribution in [0.5, 0.6) is 0 Å². The number of halogens is 4. The van der Waals surface area contributed by atoms with Crippen molar-refractivity contribution >= 4 is 17.6 Å². The number of carbonyl (C=O) groups is 1. The van der Waals surface area contributed by atoms with Crippen LogP contribution in [0.15, 0.2) is 59.5 Å². The summed E-state index contributed by atoms with van der Waals surface area (Å²) in [6, 6.07) is 11.0. The quantitative estimate of drug-likeness (QED) is 0.567. The number of alkyl halides is 3. The summed E-state index contributed by atoms with van der Waals surface area (Å²) in [4.78, 5) is 23.9. The largest absolute Gasteiger partial charge is 0.481 e. The average Bonchev–Trinajstić information content (AvgIpc) is 2.83. The number of carboxylic acid groups (broad SMARTS) is 1. The van der Waals surface area contributed by atoms with Crippen molar-refractivity contribution in [1.82, 2.24) is 4.57 Å². The SMILES string of the molecule is Cn1cc2c(cc1=O)C(CC(=O)O)OC(c1ccc(Cl)cc1)c1cc(C(F)(F)F)ccc1-2. The molecule has 0 aliphatic carbocycles. The second-order valence-electron chi connectivity index (χ2n) is 7.55. The molecular weight excluding hydrogens is 447 g/mol. The Kier molecular flexibility index (Phi) is 5.60. The highest BCUT2D eigenvalue weighted by atomic mass is 35.5. The Morgan fingerprint density at radius 3 is 2.41 bits per heavy atom. The second-order valence-corrected chi connectivity index (χ2v) is 7.98. The van der Waals surface area contributed by atoms with Crippen molar-refractivity contribution in [3.05, 3.63) is 92.4 Å². The molecule has 2 heterocycles. The first-order valence-electron chi connectivity index (χ1n) is 9.59. The van der Waals surface area contributed by atoms with E-state index in [9.17, 15) is 27.9 Å². The van der Waals surface area contributed by atoms with Gasteiger partial charge in [-0.3, -0.25) is 9.59 Å². The van der Waals surface area contributed by atoms with E-state index in [0.717, 1.165) is 12.1 Å². The molecule has 0 saturated heterocycles. The van der Waals surface area contributed by atoms with Gasteiger partial charge in [0.05, 0.1) is 18.1 Å². The number of hydrogen-bond acceptors (Lipinski definition) is 3. The van der Waals surface area contributed by atoms with Gasteiger partial charge in [-0.05, 0) is 46.5 Å². The third-order valence-electron chi connectivity index (χ3n) is 5.39. The van der Waals surface area contributed by atoms with E-state index < -0.39 is 36.3 Å². The number of nitrogens with zero attached hydrogens (tertiary/aromatic N) is 1. The maximum atomic E-state index is 13.5. The minimum atomic E-state index is -4.58. The lowest BCUT2D eigenvalue weighted by Crippen LogP contribution is -2.19. The summed E-state index contributed by atoms with van der Waals surface area (Å²) in [7, 11) is 1.51. The standard InChI is InChI=1S/C23H17ClF3NO4/c1-28-11-18-15-7-4-13(23(25,26)27)8-17(15)22(12-2-5-14(24)6-3-12)32-19(10-21(30)31)16(18)9-20(28)29/h2-9,11,19,22H,10H2,1H3,(H,30,31). The number of pyridine rings is 1. The Hall–Kier alpha value is -3.10. The van der Waals surface area contributed by atoms with Crippen molar-refractivity contribution in [3.8, 4) is 11.1 Å². The van der Waals surface area contributed by atoms with Crippen LogP contribution in [0.3, 0.4) is 0 Å². The van der Waals surface area contributed by atoms with Gasteiger partial charge in [-0.15, -0.1) is 0 Å². The molecule has 0 fully saturated rings. The Labute approximate surface area is 185 Å². The highest BCUT2D eigenvalue weighted by Gasteiger charge is 2.36. The fraction of sp³-hybridized carbons (Fsp3) is 0.217. The molecule has 32 heavy (non-hydrogen) atoms. The molecule has 0 amide bonds. The first-order chi connectivity index (χ1) is 15.0. The fourth-order valence-electron chi connectivity index (χ4n) is 3.86. The van der Waals surface area contributed by atoms with Crippen molar-refractivity contribution in [2.24, 2.45) is 7.05 Å². The van der Waals surface area contributed by atoms with E-state index in [0.29, 0.717) is 27.3 Å². The molecular formula is C23H17ClF3NO4.